The van der Waals surface area contributed by atoms with Crippen molar-refractivity contribution in [1.29, 1.82) is 0 Å². The van der Waals surface area contributed by atoms with Crippen LogP contribution in [0.25, 0.3) is 0 Å². The van der Waals surface area contributed by atoms with Gasteiger partial charge in [-0.2, -0.15) is 0 Å². The molecule has 4 rings (SSSR count). The van der Waals surface area contributed by atoms with E-state index >= 15 is 0 Å². The predicted molar refractivity (Wildman–Crippen MR) is 99.1 cm³/mol. The van der Waals surface area contributed by atoms with Crippen LogP contribution in [0.4, 0.5) is 10.6 Å². The average molecular weight is 371 g/mol. The second kappa shape index (κ2) is 7.17. The van der Waals surface area contributed by atoms with Gasteiger partial charge in [0.05, 0.1) is 0 Å². The monoisotopic (exact) mass is 371 g/mol. The van der Waals surface area contributed by atoms with E-state index in [1.807, 2.05) is 23.1 Å². The molecule has 3 aliphatic rings. The Morgan fingerprint density at radius 2 is 1.85 bits per heavy atom. The Morgan fingerprint density at radius 3 is 2.52 bits per heavy atom. The topological polar surface area (TPSA) is 85.8 Å². The molecule has 0 radical (unpaired) electrons. The maximum atomic E-state index is 12.6. The highest BCUT2D eigenvalue weighted by Gasteiger charge is 2.52. The maximum Gasteiger partial charge on any atom is 0.325 e. The summed E-state index contributed by atoms with van der Waals surface area (Å²) in [6.45, 7) is 2.87. The number of rotatable bonds is 4. The van der Waals surface area contributed by atoms with Crippen LogP contribution in [-0.2, 0) is 9.59 Å². The summed E-state index contributed by atoms with van der Waals surface area (Å²) in [4.78, 5) is 46.9. The molecular formula is C19H25N5O3. The Bertz CT molecular complexity index is 724. The molecule has 0 atom stereocenters. The number of hydrogen-bond acceptors (Lipinski definition) is 5. The predicted octanol–water partition coefficient (Wildman–Crippen LogP) is 0.985. The van der Waals surface area contributed by atoms with E-state index in [1.165, 1.54) is 4.90 Å². The zero-order valence-electron chi connectivity index (χ0n) is 15.4. The van der Waals surface area contributed by atoms with E-state index in [9.17, 15) is 14.4 Å². The van der Waals surface area contributed by atoms with Gasteiger partial charge in [0.2, 0.25) is 5.91 Å². The van der Waals surface area contributed by atoms with Crippen molar-refractivity contribution in [2.45, 2.75) is 37.6 Å². The standard InChI is InChI=1S/C19H25N5O3/c25-16(23-13-11-22(12-14-23)15-5-1-4-9-20-15)6-10-24-17(26)19(21-18(24)27)7-2-3-8-19/h1,4-5,9H,2-3,6-8,10-14H2,(H,21,27). The summed E-state index contributed by atoms with van der Waals surface area (Å²) in [6.07, 6.45) is 5.27. The van der Waals surface area contributed by atoms with Gasteiger partial charge in [0, 0.05) is 45.3 Å². The lowest BCUT2D eigenvalue weighted by molar-refractivity contribution is -0.133. The lowest BCUT2D eigenvalue weighted by Gasteiger charge is -2.35. The van der Waals surface area contributed by atoms with Gasteiger partial charge in [-0.3, -0.25) is 14.5 Å². The Labute approximate surface area is 158 Å². The minimum atomic E-state index is -0.700. The lowest BCUT2D eigenvalue weighted by atomic mass is 9.98. The van der Waals surface area contributed by atoms with Crippen LogP contribution in [0.1, 0.15) is 32.1 Å². The van der Waals surface area contributed by atoms with Crippen molar-refractivity contribution in [1.82, 2.24) is 20.1 Å². The fourth-order valence-electron chi connectivity index (χ4n) is 4.29. The van der Waals surface area contributed by atoms with Crippen molar-refractivity contribution in [3.63, 3.8) is 0 Å². The number of piperazine rings is 1. The molecule has 1 saturated carbocycles. The molecule has 3 heterocycles. The Kier molecular flexibility index (Phi) is 4.72. The van der Waals surface area contributed by atoms with E-state index in [-0.39, 0.29) is 30.8 Å². The first-order valence-electron chi connectivity index (χ1n) is 9.67. The molecule has 1 aromatic rings. The van der Waals surface area contributed by atoms with Crippen LogP contribution < -0.4 is 10.2 Å². The van der Waals surface area contributed by atoms with Gasteiger partial charge in [-0.05, 0) is 25.0 Å². The van der Waals surface area contributed by atoms with Crippen molar-refractivity contribution in [3.8, 4) is 0 Å². The first kappa shape index (κ1) is 17.8. The molecule has 27 heavy (non-hydrogen) atoms. The first-order valence-corrected chi connectivity index (χ1v) is 9.67. The Hall–Kier alpha value is -2.64. The molecule has 8 nitrogen and oxygen atoms in total. The molecule has 2 saturated heterocycles. The molecular weight excluding hydrogens is 346 g/mol. The van der Waals surface area contributed by atoms with Crippen LogP contribution in [0.3, 0.4) is 0 Å². The van der Waals surface area contributed by atoms with E-state index < -0.39 is 5.54 Å². The minimum Gasteiger partial charge on any atom is -0.353 e. The van der Waals surface area contributed by atoms with Crippen molar-refractivity contribution in [3.05, 3.63) is 24.4 Å². The Balaban J connectivity index is 1.28. The van der Waals surface area contributed by atoms with Crippen LogP contribution >= 0.6 is 0 Å². The second-order valence-corrected chi connectivity index (χ2v) is 7.48. The molecule has 2 aliphatic heterocycles. The fourth-order valence-corrected chi connectivity index (χ4v) is 4.29. The third-order valence-corrected chi connectivity index (χ3v) is 5.86. The molecule has 1 aliphatic carbocycles. The number of carbonyl (C=O) groups is 3. The minimum absolute atomic E-state index is 0.0105. The molecule has 0 unspecified atom stereocenters. The normalized spacial score (nSPS) is 21.9. The van der Waals surface area contributed by atoms with Crippen molar-refractivity contribution in [2.24, 2.45) is 0 Å². The molecule has 3 fully saturated rings. The van der Waals surface area contributed by atoms with Gasteiger partial charge in [-0.1, -0.05) is 18.9 Å². The molecule has 0 bridgehead atoms. The number of amides is 4. The zero-order valence-corrected chi connectivity index (χ0v) is 15.4. The molecule has 8 heteroatoms. The van der Waals surface area contributed by atoms with E-state index in [0.29, 0.717) is 25.9 Å². The van der Waals surface area contributed by atoms with Crippen LogP contribution in [0.15, 0.2) is 24.4 Å². The van der Waals surface area contributed by atoms with Gasteiger partial charge < -0.3 is 15.1 Å². The lowest BCUT2D eigenvalue weighted by Crippen LogP contribution is -2.49. The summed E-state index contributed by atoms with van der Waals surface area (Å²) in [5.41, 5.74) is -0.700. The van der Waals surface area contributed by atoms with E-state index in [2.05, 4.69) is 15.2 Å². The molecule has 1 spiro atoms. The molecule has 144 valence electrons. The van der Waals surface area contributed by atoms with E-state index in [1.54, 1.807) is 6.20 Å². The highest BCUT2D eigenvalue weighted by molar-refractivity contribution is 6.07. The number of anilines is 1. The SMILES string of the molecule is O=C(CCN1C(=O)NC2(CCCC2)C1=O)N1CCN(c2ccccn2)CC1. The van der Waals surface area contributed by atoms with Crippen LogP contribution in [0.2, 0.25) is 0 Å². The average Bonchev–Trinajstić information content (AvgIpc) is 3.26. The number of nitrogens with zero attached hydrogens (tertiary/aromatic N) is 4. The van der Waals surface area contributed by atoms with Crippen molar-refractivity contribution >= 4 is 23.7 Å². The van der Waals surface area contributed by atoms with Crippen LogP contribution in [0.5, 0.6) is 0 Å². The zero-order chi connectivity index (χ0) is 18.9. The summed E-state index contributed by atoms with van der Waals surface area (Å²) in [7, 11) is 0. The van der Waals surface area contributed by atoms with Gasteiger partial charge in [0.15, 0.2) is 0 Å². The second-order valence-electron chi connectivity index (χ2n) is 7.48. The van der Waals surface area contributed by atoms with E-state index in [0.717, 1.165) is 31.7 Å². The fraction of sp³-hybridized carbons (Fsp3) is 0.579. The van der Waals surface area contributed by atoms with Gasteiger partial charge in [0.25, 0.3) is 5.91 Å². The number of hydrogen-bond donors (Lipinski definition) is 1. The first-order chi connectivity index (χ1) is 13.1. The number of pyridine rings is 1. The highest BCUT2D eigenvalue weighted by atomic mass is 16.2. The van der Waals surface area contributed by atoms with Crippen LogP contribution in [-0.4, -0.2) is 70.9 Å². The number of nitrogens with one attached hydrogen (secondary N) is 1. The van der Waals surface area contributed by atoms with Gasteiger partial charge in [-0.15, -0.1) is 0 Å². The molecule has 1 aromatic heterocycles. The van der Waals surface area contributed by atoms with Gasteiger partial charge >= 0.3 is 6.03 Å². The summed E-state index contributed by atoms with van der Waals surface area (Å²) < 4.78 is 0. The third-order valence-electron chi connectivity index (χ3n) is 5.86. The van der Waals surface area contributed by atoms with Gasteiger partial charge in [-0.25, -0.2) is 9.78 Å². The maximum absolute atomic E-state index is 12.6. The summed E-state index contributed by atoms with van der Waals surface area (Å²) in [6, 6.07) is 5.45. The molecule has 1 N–H and O–H groups in total. The van der Waals surface area contributed by atoms with Crippen molar-refractivity contribution in [2.75, 3.05) is 37.6 Å². The summed E-state index contributed by atoms with van der Waals surface area (Å²) >= 11 is 0. The number of imide groups is 1. The number of aromatic nitrogens is 1. The quantitative estimate of drug-likeness (QED) is 0.798. The van der Waals surface area contributed by atoms with E-state index in [4.69, 9.17) is 0 Å². The number of carbonyl (C=O) groups excluding carboxylic acids is 3. The van der Waals surface area contributed by atoms with Crippen molar-refractivity contribution < 1.29 is 14.4 Å². The molecule has 0 aromatic carbocycles. The smallest absolute Gasteiger partial charge is 0.325 e. The summed E-state index contributed by atoms with van der Waals surface area (Å²) in [5.74, 6) is 0.757. The summed E-state index contributed by atoms with van der Waals surface area (Å²) in [5, 5.41) is 2.86. The highest BCUT2D eigenvalue weighted by Crippen LogP contribution is 2.35. The molecule has 4 amide bonds. The largest absolute Gasteiger partial charge is 0.353 e. The third kappa shape index (κ3) is 3.36. The Morgan fingerprint density at radius 1 is 1.11 bits per heavy atom. The number of urea groups is 1. The van der Waals surface area contributed by atoms with Gasteiger partial charge in [0.1, 0.15) is 11.4 Å². The van der Waals surface area contributed by atoms with Crippen LogP contribution in [0, 0.1) is 0 Å².